The van der Waals surface area contributed by atoms with Gasteiger partial charge in [0.05, 0.1) is 6.04 Å². The van der Waals surface area contributed by atoms with Crippen molar-refractivity contribution in [2.75, 3.05) is 19.6 Å². The number of aromatic nitrogens is 1. The van der Waals surface area contributed by atoms with E-state index in [1.54, 1.807) is 13.1 Å². The molecule has 2 unspecified atom stereocenters. The molecule has 0 amide bonds. The summed E-state index contributed by atoms with van der Waals surface area (Å²) < 4.78 is 28.8. The standard InChI is InChI=1S/C11H20N4O2S2/c1-9(11-13-4-6-18-11)14-19(16,17)15-5-2-3-10(7-12)8-15/h4,6,9-10,14H,2-3,5,7-8,12H2,1H3. The average Bonchev–Trinajstić information content (AvgIpc) is 2.92. The van der Waals surface area contributed by atoms with Gasteiger partial charge in [0.2, 0.25) is 0 Å². The van der Waals surface area contributed by atoms with Crippen LogP contribution in [0.1, 0.15) is 30.8 Å². The van der Waals surface area contributed by atoms with Crippen LogP contribution in [0.15, 0.2) is 11.6 Å². The minimum Gasteiger partial charge on any atom is -0.330 e. The number of hydrogen-bond acceptors (Lipinski definition) is 5. The summed E-state index contributed by atoms with van der Waals surface area (Å²) in [5.41, 5.74) is 5.64. The summed E-state index contributed by atoms with van der Waals surface area (Å²) in [4.78, 5) is 4.13. The van der Waals surface area contributed by atoms with Crippen LogP contribution in [0.2, 0.25) is 0 Å². The molecule has 2 rings (SSSR count). The molecule has 108 valence electrons. The summed E-state index contributed by atoms with van der Waals surface area (Å²) in [6, 6.07) is -0.303. The lowest BCUT2D eigenvalue weighted by molar-refractivity contribution is 0.267. The maximum atomic E-state index is 12.3. The second-order valence-electron chi connectivity index (χ2n) is 4.82. The zero-order valence-corrected chi connectivity index (χ0v) is 12.6. The van der Waals surface area contributed by atoms with Gasteiger partial charge in [-0.1, -0.05) is 0 Å². The molecule has 0 radical (unpaired) electrons. The summed E-state index contributed by atoms with van der Waals surface area (Å²) in [5.74, 6) is 0.264. The van der Waals surface area contributed by atoms with Crippen LogP contribution < -0.4 is 10.5 Å². The van der Waals surface area contributed by atoms with Crippen molar-refractivity contribution < 1.29 is 8.42 Å². The van der Waals surface area contributed by atoms with Crippen molar-refractivity contribution >= 4 is 21.5 Å². The lowest BCUT2D eigenvalue weighted by Gasteiger charge is -2.31. The largest absolute Gasteiger partial charge is 0.330 e. The van der Waals surface area contributed by atoms with Gasteiger partial charge in [0.25, 0.3) is 10.2 Å². The van der Waals surface area contributed by atoms with Crippen LogP contribution in [-0.2, 0) is 10.2 Å². The molecule has 1 aromatic heterocycles. The van der Waals surface area contributed by atoms with Crippen molar-refractivity contribution in [2.24, 2.45) is 11.7 Å². The molecule has 1 aliphatic heterocycles. The molecule has 2 atom stereocenters. The highest BCUT2D eigenvalue weighted by Gasteiger charge is 2.29. The predicted molar refractivity (Wildman–Crippen MR) is 75.9 cm³/mol. The fourth-order valence-corrected chi connectivity index (χ4v) is 4.44. The molecule has 8 heteroatoms. The number of rotatable bonds is 5. The van der Waals surface area contributed by atoms with E-state index in [4.69, 9.17) is 5.73 Å². The minimum absolute atomic E-state index is 0.264. The van der Waals surface area contributed by atoms with E-state index >= 15 is 0 Å². The highest BCUT2D eigenvalue weighted by Crippen LogP contribution is 2.20. The first-order chi connectivity index (χ1) is 9.03. The maximum absolute atomic E-state index is 12.3. The molecule has 1 saturated heterocycles. The number of nitrogens with zero attached hydrogens (tertiary/aromatic N) is 2. The summed E-state index contributed by atoms with van der Waals surface area (Å²) in [6.45, 7) is 3.42. The molecule has 0 aromatic carbocycles. The Morgan fingerprint density at radius 3 is 3.11 bits per heavy atom. The molecular weight excluding hydrogens is 284 g/mol. The molecule has 0 spiro atoms. The monoisotopic (exact) mass is 304 g/mol. The fraction of sp³-hybridized carbons (Fsp3) is 0.727. The first-order valence-electron chi connectivity index (χ1n) is 6.40. The van der Waals surface area contributed by atoms with Crippen LogP contribution in [0.4, 0.5) is 0 Å². The number of piperidine rings is 1. The smallest absolute Gasteiger partial charge is 0.280 e. The molecule has 0 aliphatic carbocycles. The van der Waals surface area contributed by atoms with Gasteiger partial charge >= 0.3 is 0 Å². The van der Waals surface area contributed by atoms with Gasteiger partial charge in [-0.15, -0.1) is 11.3 Å². The zero-order valence-electron chi connectivity index (χ0n) is 10.9. The van der Waals surface area contributed by atoms with Crippen LogP contribution in [0.3, 0.4) is 0 Å². The number of nitrogens with two attached hydrogens (primary N) is 1. The summed E-state index contributed by atoms with van der Waals surface area (Å²) in [7, 11) is -3.46. The maximum Gasteiger partial charge on any atom is 0.280 e. The van der Waals surface area contributed by atoms with Gasteiger partial charge in [-0.3, -0.25) is 0 Å². The number of hydrogen-bond donors (Lipinski definition) is 2. The third-order valence-electron chi connectivity index (χ3n) is 3.30. The van der Waals surface area contributed by atoms with Crippen LogP contribution in [-0.4, -0.2) is 37.3 Å². The molecular formula is C11H20N4O2S2. The van der Waals surface area contributed by atoms with Crippen molar-refractivity contribution in [1.29, 1.82) is 0 Å². The van der Waals surface area contributed by atoms with E-state index in [0.29, 0.717) is 19.6 Å². The highest BCUT2D eigenvalue weighted by molar-refractivity contribution is 7.87. The van der Waals surface area contributed by atoms with E-state index in [1.807, 2.05) is 5.38 Å². The molecule has 2 heterocycles. The Labute approximate surface area is 118 Å². The second kappa shape index (κ2) is 6.27. The quantitative estimate of drug-likeness (QED) is 0.838. The third-order valence-corrected chi connectivity index (χ3v) is 5.92. The van der Waals surface area contributed by atoms with Gasteiger partial charge in [-0.25, -0.2) is 4.98 Å². The first kappa shape index (κ1) is 14.9. The highest BCUT2D eigenvalue weighted by atomic mass is 32.2. The average molecular weight is 304 g/mol. The topological polar surface area (TPSA) is 88.3 Å². The second-order valence-corrected chi connectivity index (χ2v) is 7.45. The Morgan fingerprint density at radius 2 is 2.47 bits per heavy atom. The Morgan fingerprint density at radius 1 is 1.68 bits per heavy atom. The first-order valence-corrected chi connectivity index (χ1v) is 8.71. The Bertz CT molecular complexity index is 489. The molecule has 6 nitrogen and oxygen atoms in total. The molecule has 19 heavy (non-hydrogen) atoms. The van der Waals surface area contributed by atoms with Gasteiger partial charge in [-0.05, 0) is 32.2 Å². The Kier molecular flexibility index (Phi) is 4.91. The zero-order chi connectivity index (χ0) is 13.9. The third kappa shape index (κ3) is 3.73. The summed E-state index contributed by atoms with van der Waals surface area (Å²) in [5, 5.41) is 2.61. The van der Waals surface area contributed by atoms with E-state index in [0.717, 1.165) is 17.8 Å². The van der Waals surface area contributed by atoms with Crippen LogP contribution in [0.5, 0.6) is 0 Å². The molecule has 0 saturated carbocycles. The van der Waals surface area contributed by atoms with Crippen LogP contribution in [0, 0.1) is 5.92 Å². The number of thiazole rings is 1. The van der Waals surface area contributed by atoms with E-state index in [-0.39, 0.29) is 12.0 Å². The van der Waals surface area contributed by atoms with Crippen molar-refractivity contribution in [1.82, 2.24) is 14.0 Å². The van der Waals surface area contributed by atoms with Crippen molar-refractivity contribution in [3.05, 3.63) is 16.6 Å². The number of nitrogens with one attached hydrogen (secondary N) is 1. The van der Waals surface area contributed by atoms with Crippen molar-refractivity contribution in [3.63, 3.8) is 0 Å². The van der Waals surface area contributed by atoms with E-state index < -0.39 is 10.2 Å². The molecule has 1 fully saturated rings. The van der Waals surface area contributed by atoms with Crippen molar-refractivity contribution in [2.45, 2.75) is 25.8 Å². The Hall–Kier alpha value is -0.540. The van der Waals surface area contributed by atoms with Gasteiger partial charge in [0, 0.05) is 24.7 Å². The molecule has 0 bridgehead atoms. The molecule has 3 N–H and O–H groups in total. The normalized spacial score (nSPS) is 23.4. The predicted octanol–water partition coefficient (Wildman–Crippen LogP) is 0.709. The van der Waals surface area contributed by atoms with Gasteiger partial charge in [-0.2, -0.15) is 17.4 Å². The lowest BCUT2D eigenvalue weighted by atomic mass is 10.0. The van der Waals surface area contributed by atoms with E-state index in [1.165, 1.54) is 15.6 Å². The van der Waals surface area contributed by atoms with Crippen LogP contribution >= 0.6 is 11.3 Å². The lowest BCUT2D eigenvalue weighted by Crippen LogP contribution is -2.47. The van der Waals surface area contributed by atoms with Gasteiger partial charge in [0.15, 0.2) is 0 Å². The SMILES string of the molecule is CC(NS(=O)(=O)N1CCCC(CN)C1)c1nccs1. The van der Waals surface area contributed by atoms with Gasteiger partial charge < -0.3 is 5.73 Å². The minimum atomic E-state index is -3.46. The van der Waals surface area contributed by atoms with Crippen molar-refractivity contribution in [3.8, 4) is 0 Å². The molecule has 1 aliphatic rings. The summed E-state index contributed by atoms with van der Waals surface area (Å²) in [6.07, 6.45) is 3.55. The Balaban J connectivity index is 2.01. The van der Waals surface area contributed by atoms with Gasteiger partial charge in [0.1, 0.15) is 5.01 Å². The van der Waals surface area contributed by atoms with Crippen LogP contribution in [0.25, 0.3) is 0 Å². The summed E-state index contributed by atoms with van der Waals surface area (Å²) >= 11 is 1.45. The molecule has 1 aromatic rings. The van der Waals surface area contributed by atoms with E-state index in [2.05, 4.69) is 9.71 Å². The fourth-order valence-electron chi connectivity index (χ4n) is 2.23. The van der Waals surface area contributed by atoms with E-state index in [9.17, 15) is 8.42 Å².